The molecule has 0 aliphatic heterocycles. The number of nitrogens with zero attached hydrogens (tertiary/aromatic N) is 8. The molecule has 4 aromatic heterocycles. The molecule has 0 unspecified atom stereocenters. The molecule has 0 aliphatic carbocycles. The molecule has 0 saturated heterocycles. The molecular formula is C22H18N12. The summed E-state index contributed by atoms with van der Waals surface area (Å²) in [7, 11) is 0. The number of hydrazone groups is 2. The number of fused-ring (bicyclic) bond motifs is 6. The molecule has 166 valence electrons. The van der Waals surface area contributed by atoms with Crippen molar-refractivity contribution in [3.8, 4) is 0 Å². The van der Waals surface area contributed by atoms with E-state index in [-0.39, 0.29) is 11.9 Å². The Labute approximate surface area is 191 Å². The Morgan fingerprint density at radius 2 is 1.09 bits per heavy atom. The molecule has 0 fully saturated rings. The Hall–Kier alpha value is -5.00. The molecule has 12 nitrogen and oxygen atoms in total. The Morgan fingerprint density at radius 1 is 0.647 bits per heavy atom. The van der Waals surface area contributed by atoms with Crippen molar-refractivity contribution < 1.29 is 0 Å². The number of benzene rings is 2. The van der Waals surface area contributed by atoms with Gasteiger partial charge in [-0.15, -0.1) is 20.4 Å². The minimum Gasteiger partial charge on any atom is -0.338 e. The second-order valence-electron chi connectivity index (χ2n) is 7.62. The molecule has 6 rings (SSSR count). The predicted octanol–water partition coefficient (Wildman–Crippen LogP) is 3.60. The van der Waals surface area contributed by atoms with Gasteiger partial charge < -0.3 is 9.97 Å². The third-order valence-electron chi connectivity index (χ3n) is 5.41. The molecule has 4 N–H and O–H groups in total. The average Bonchev–Trinajstić information content (AvgIpc) is 3.43. The van der Waals surface area contributed by atoms with Crippen LogP contribution in [0.25, 0.3) is 44.1 Å². The van der Waals surface area contributed by atoms with Gasteiger partial charge in [-0.2, -0.15) is 20.2 Å². The van der Waals surface area contributed by atoms with Crippen LogP contribution in [0.15, 0.2) is 58.7 Å². The molecule has 12 heteroatoms. The first-order chi connectivity index (χ1) is 16.7. The third-order valence-corrected chi connectivity index (χ3v) is 5.41. The molecule has 0 spiro atoms. The summed E-state index contributed by atoms with van der Waals surface area (Å²) in [6.07, 6.45) is 0. The summed E-state index contributed by atoms with van der Waals surface area (Å²) in [6, 6.07) is 15.7. The van der Waals surface area contributed by atoms with E-state index >= 15 is 0 Å². The number of H-pyrrole nitrogens is 2. The van der Waals surface area contributed by atoms with Crippen molar-refractivity contribution in [1.82, 2.24) is 40.3 Å². The molecule has 34 heavy (non-hydrogen) atoms. The smallest absolute Gasteiger partial charge is 0.265 e. The van der Waals surface area contributed by atoms with Crippen LogP contribution in [0.3, 0.4) is 0 Å². The van der Waals surface area contributed by atoms with Gasteiger partial charge in [0.15, 0.2) is 11.3 Å². The molecule has 0 bridgehead atoms. The highest BCUT2D eigenvalue weighted by Gasteiger charge is 2.10. The predicted molar refractivity (Wildman–Crippen MR) is 132 cm³/mol. The van der Waals surface area contributed by atoms with Gasteiger partial charge in [0.1, 0.15) is 11.0 Å². The number of hydrogen-bond donors (Lipinski definition) is 4. The number of anilines is 2. The lowest BCUT2D eigenvalue weighted by atomic mass is 10.2. The Balaban J connectivity index is 1.18. The van der Waals surface area contributed by atoms with E-state index in [1.165, 1.54) is 0 Å². The van der Waals surface area contributed by atoms with E-state index in [4.69, 9.17) is 0 Å². The summed E-state index contributed by atoms with van der Waals surface area (Å²) >= 11 is 0. The average molecular weight is 450 g/mol. The summed E-state index contributed by atoms with van der Waals surface area (Å²) < 4.78 is 0. The van der Waals surface area contributed by atoms with Gasteiger partial charge in [0.2, 0.25) is 0 Å². The standard InChI is InChI=1S/C22H18N12/c1-11(27-31-21-25-19-17(29-33-21)13-7-3-5-9-15(13)23-19)12(2)28-32-22-26-20-18(30-34-22)14-8-4-6-10-16(14)24-20/h3-10H,1-2H3,(H2,23,25,31,33)(H2,24,26,32,34)/b27-11-,28-12+. The molecule has 0 saturated carbocycles. The topological polar surface area (TPSA) is 158 Å². The SMILES string of the molecule is CC(=N/Nc1nnc2c(n1)[nH]c1ccccc12)/C(C)=N/Nc1nnc2c(n1)[nH]c1ccccc12. The first-order valence-corrected chi connectivity index (χ1v) is 10.5. The highest BCUT2D eigenvalue weighted by molar-refractivity contribution is 6.40. The second kappa shape index (κ2) is 7.85. The Bertz CT molecular complexity index is 1610. The van der Waals surface area contributed by atoms with Crippen LogP contribution in [-0.4, -0.2) is 51.8 Å². The van der Waals surface area contributed by atoms with Crippen LogP contribution in [0.5, 0.6) is 0 Å². The zero-order valence-electron chi connectivity index (χ0n) is 18.2. The summed E-state index contributed by atoms with van der Waals surface area (Å²) in [4.78, 5) is 15.4. The van der Waals surface area contributed by atoms with Gasteiger partial charge >= 0.3 is 0 Å². The van der Waals surface area contributed by atoms with Gasteiger partial charge in [0.25, 0.3) is 11.9 Å². The van der Waals surface area contributed by atoms with Crippen LogP contribution in [0.1, 0.15) is 13.8 Å². The van der Waals surface area contributed by atoms with Gasteiger partial charge in [-0.05, 0) is 26.0 Å². The zero-order chi connectivity index (χ0) is 23.1. The van der Waals surface area contributed by atoms with Crippen molar-refractivity contribution in [1.29, 1.82) is 0 Å². The number of para-hydroxylation sites is 2. The van der Waals surface area contributed by atoms with E-state index in [9.17, 15) is 0 Å². The molecular weight excluding hydrogens is 432 g/mol. The fraction of sp³-hybridized carbons (Fsp3) is 0.0909. The molecule has 0 amide bonds. The lowest BCUT2D eigenvalue weighted by Gasteiger charge is -2.03. The van der Waals surface area contributed by atoms with Crippen LogP contribution in [-0.2, 0) is 0 Å². The maximum absolute atomic E-state index is 4.45. The highest BCUT2D eigenvalue weighted by Crippen LogP contribution is 2.22. The van der Waals surface area contributed by atoms with Crippen LogP contribution in [0.2, 0.25) is 0 Å². The van der Waals surface area contributed by atoms with Crippen molar-refractivity contribution in [2.24, 2.45) is 10.2 Å². The number of aromatic nitrogens is 8. The molecule has 2 aromatic carbocycles. The molecule has 0 atom stereocenters. The van der Waals surface area contributed by atoms with Crippen molar-refractivity contribution in [2.75, 3.05) is 10.9 Å². The number of hydrogen-bond acceptors (Lipinski definition) is 10. The largest absolute Gasteiger partial charge is 0.338 e. The first-order valence-electron chi connectivity index (χ1n) is 10.5. The maximum atomic E-state index is 4.45. The summed E-state index contributed by atoms with van der Waals surface area (Å²) in [5.74, 6) is 0.548. The van der Waals surface area contributed by atoms with Crippen molar-refractivity contribution >= 4 is 67.5 Å². The minimum atomic E-state index is 0.274. The highest BCUT2D eigenvalue weighted by atomic mass is 15.4. The maximum Gasteiger partial charge on any atom is 0.265 e. The summed E-state index contributed by atoms with van der Waals surface area (Å²) in [5.41, 5.74) is 11.5. The van der Waals surface area contributed by atoms with E-state index in [1.54, 1.807) is 0 Å². The number of rotatable bonds is 5. The van der Waals surface area contributed by atoms with E-state index in [2.05, 4.69) is 61.4 Å². The molecule has 6 aromatic rings. The normalized spacial score (nSPS) is 12.8. The van der Waals surface area contributed by atoms with Crippen molar-refractivity contribution in [3.05, 3.63) is 48.5 Å². The van der Waals surface area contributed by atoms with Crippen LogP contribution >= 0.6 is 0 Å². The van der Waals surface area contributed by atoms with Crippen LogP contribution in [0.4, 0.5) is 11.9 Å². The van der Waals surface area contributed by atoms with E-state index in [0.717, 1.165) is 21.8 Å². The summed E-state index contributed by atoms with van der Waals surface area (Å²) in [5, 5.41) is 27.3. The van der Waals surface area contributed by atoms with Crippen molar-refractivity contribution in [3.63, 3.8) is 0 Å². The Morgan fingerprint density at radius 3 is 1.56 bits per heavy atom. The van der Waals surface area contributed by atoms with Gasteiger partial charge in [0, 0.05) is 21.8 Å². The molecule has 4 heterocycles. The quantitative estimate of drug-likeness (QED) is 0.229. The monoisotopic (exact) mass is 450 g/mol. The second-order valence-corrected chi connectivity index (χ2v) is 7.62. The molecule has 0 aliphatic rings. The van der Waals surface area contributed by atoms with Gasteiger partial charge in [-0.1, -0.05) is 36.4 Å². The van der Waals surface area contributed by atoms with E-state index in [0.29, 0.717) is 33.8 Å². The lowest BCUT2D eigenvalue weighted by molar-refractivity contribution is 1.00. The number of nitrogens with one attached hydrogen (secondary N) is 4. The van der Waals surface area contributed by atoms with E-state index < -0.39 is 0 Å². The Kier molecular flexibility index (Phi) is 4.54. The van der Waals surface area contributed by atoms with E-state index in [1.807, 2.05) is 62.4 Å². The fourth-order valence-electron chi connectivity index (χ4n) is 3.57. The van der Waals surface area contributed by atoms with Gasteiger partial charge in [0.05, 0.1) is 11.4 Å². The fourth-order valence-corrected chi connectivity index (χ4v) is 3.57. The zero-order valence-corrected chi connectivity index (χ0v) is 18.2. The first kappa shape index (κ1) is 19.7. The number of aromatic amines is 2. The van der Waals surface area contributed by atoms with Gasteiger partial charge in [-0.25, -0.2) is 10.9 Å². The van der Waals surface area contributed by atoms with Crippen LogP contribution < -0.4 is 10.9 Å². The van der Waals surface area contributed by atoms with Gasteiger partial charge in [-0.3, -0.25) is 0 Å². The minimum absolute atomic E-state index is 0.274. The molecule has 0 radical (unpaired) electrons. The lowest BCUT2D eigenvalue weighted by Crippen LogP contribution is -2.12. The summed E-state index contributed by atoms with van der Waals surface area (Å²) in [6.45, 7) is 3.62. The van der Waals surface area contributed by atoms with Crippen molar-refractivity contribution in [2.45, 2.75) is 13.8 Å². The van der Waals surface area contributed by atoms with Crippen LogP contribution in [0, 0.1) is 0 Å². The third kappa shape index (κ3) is 3.43.